The number of para-hydroxylation sites is 1. The molecular formula is C36H30N4O2. The van der Waals surface area contributed by atoms with Gasteiger partial charge in [0.25, 0.3) is 0 Å². The van der Waals surface area contributed by atoms with Crippen LogP contribution in [0.5, 0.6) is 0 Å². The van der Waals surface area contributed by atoms with Crippen LogP contribution in [0.1, 0.15) is 37.8 Å². The molecule has 206 valence electrons. The minimum atomic E-state index is -1.61. The van der Waals surface area contributed by atoms with Crippen molar-refractivity contribution in [3.8, 4) is 6.07 Å². The molecule has 4 aromatic carbocycles. The maximum absolute atomic E-state index is 14.9. The van der Waals surface area contributed by atoms with E-state index in [9.17, 15) is 14.9 Å². The number of nitrogens with two attached hydrogens (primary N) is 1. The number of nitriles is 1. The number of carbonyl (C=O) groups excluding carboxylic acids is 2. The fourth-order valence-electron chi connectivity index (χ4n) is 7.09. The lowest BCUT2D eigenvalue weighted by molar-refractivity contribution is -0.125. The number of nitrogens with zero attached hydrogens (tertiary/aromatic N) is 3. The Morgan fingerprint density at radius 2 is 1.55 bits per heavy atom. The van der Waals surface area contributed by atoms with E-state index in [2.05, 4.69) is 19.9 Å². The number of Topliss-reactive ketones (excluding diaryl/α,β-unsaturated/α-hetero) is 1. The number of hydrogen-bond donors (Lipinski definition) is 1. The van der Waals surface area contributed by atoms with Crippen LogP contribution >= 0.6 is 0 Å². The largest absolute Gasteiger partial charge is 0.384 e. The van der Waals surface area contributed by atoms with E-state index in [1.54, 1.807) is 4.90 Å². The van der Waals surface area contributed by atoms with Crippen LogP contribution in [0.3, 0.4) is 0 Å². The van der Waals surface area contributed by atoms with E-state index in [1.165, 1.54) is 0 Å². The van der Waals surface area contributed by atoms with E-state index in [-0.39, 0.29) is 34.9 Å². The third-order valence-electron chi connectivity index (χ3n) is 8.82. The van der Waals surface area contributed by atoms with Gasteiger partial charge in [-0.1, -0.05) is 92.7 Å². The molecule has 0 radical (unpaired) electrons. The van der Waals surface area contributed by atoms with Gasteiger partial charge >= 0.3 is 0 Å². The van der Waals surface area contributed by atoms with Crippen LogP contribution in [-0.4, -0.2) is 11.7 Å². The van der Waals surface area contributed by atoms with Gasteiger partial charge in [0.15, 0.2) is 5.78 Å². The molecule has 1 spiro atoms. The quantitative estimate of drug-likeness (QED) is 0.315. The highest BCUT2D eigenvalue weighted by atomic mass is 16.2. The summed E-state index contributed by atoms with van der Waals surface area (Å²) < 4.78 is 0. The monoisotopic (exact) mass is 550 g/mol. The molecule has 0 fully saturated rings. The van der Waals surface area contributed by atoms with Gasteiger partial charge in [0, 0.05) is 34.6 Å². The molecule has 3 aliphatic rings. The molecule has 1 amide bonds. The van der Waals surface area contributed by atoms with Crippen molar-refractivity contribution < 1.29 is 9.59 Å². The topological polar surface area (TPSA) is 90.4 Å². The van der Waals surface area contributed by atoms with Crippen LogP contribution in [0.2, 0.25) is 0 Å². The van der Waals surface area contributed by atoms with Crippen molar-refractivity contribution in [3.63, 3.8) is 0 Å². The first kappa shape index (κ1) is 25.8. The van der Waals surface area contributed by atoms with Crippen LogP contribution in [0, 0.1) is 16.7 Å². The van der Waals surface area contributed by atoms with Crippen LogP contribution in [0.25, 0.3) is 10.8 Å². The van der Waals surface area contributed by atoms with E-state index >= 15 is 0 Å². The normalized spacial score (nSPS) is 21.2. The number of amides is 1. The van der Waals surface area contributed by atoms with Gasteiger partial charge < -0.3 is 10.6 Å². The molecule has 0 aromatic heterocycles. The Labute approximate surface area is 245 Å². The fourth-order valence-corrected chi connectivity index (χ4v) is 7.09. The standard InChI is InChI=1S/C36H30N4O2/c1-35(2)19-30-32(31(41)20-35)36(27-14-8-9-15-29(27)39(34(36)42)22-23-10-4-3-5-11-23)28(21-37)33(38)40(30)26-17-16-24-12-6-7-13-25(24)18-26/h3-18H,19-20,22,38H2,1-2H3. The van der Waals surface area contributed by atoms with E-state index in [1.807, 2.05) is 102 Å². The summed E-state index contributed by atoms with van der Waals surface area (Å²) in [6.45, 7) is 4.44. The first-order valence-electron chi connectivity index (χ1n) is 14.2. The summed E-state index contributed by atoms with van der Waals surface area (Å²) in [6, 6.07) is 33.6. The minimum absolute atomic E-state index is 0.0930. The molecule has 2 aliphatic heterocycles. The zero-order valence-corrected chi connectivity index (χ0v) is 23.6. The Morgan fingerprint density at radius 3 is 2.31 bits per heavy atom. The van der Waals surface area contributed by atoms with E-state index in [0.717, 1.165) is 22.0 Å². The van der Waals surface area contributed by atoms with Gasteiger partial charge in [0.2, 0.25) is 5.91 Å². The summed E-state index contributed by atoms with van der Waals surface area (Å²) in [4.78, 5) is 32.8. The molecule has 0 saturated heterocycles. The predicted molar refractivity (Wildman–Crippen MR) is 164 cm³/mol. The Balaban J connectivity index is 1.52. The van der Waals surface area contributed by atoms with E-state index < -0.39 is 5.41 Å². The van der Waals surface area contributed by atoms with Crippen LogP contribution < -0.4 is 15.5 Å². The molecule has 42 heavy (non-hydrogen) atoms. The maximum Gasteiger partial charge on any atom is 0.248 e. The fraction of sp³-hybridized carbons (Fsp3) is 0.194. The van der Waals surface area contributed by atoms with Crippen molar-refractivity contribution in [2.75, 3.05) is 9.80 Å². The first-order chi connectivity index (χ1) is 20.3. The summed E-state index contributed by atoms with van der Waals surface area (Å²) in [5.74, 6) is -0.260. The molecule has 7 rings (SSSR count). The van der Waals surface area contributed by atoms with Crippen molar-refractivity contribution in [2.24, 2.45) is 11.1 Å². The van der Waals surface area contributed by atoms with Crippen molar-refractivity contribution in [1.29, 1.82) is 5.26 Å². The highest BCUT2D eigenvalue weighted by Crippen LogP contribution is 2.58. The Morgan fingerprint density at radius 1 is 0.857 bits per heavy atom. The first-order valence-corrected chi connectivity index (χ1v) is 14.2. The van der Waals surface area contributed by atoms with E-state index in [0.29, 0.717) is 35.5 Å². The number of anilines is 2. The smallest absolute Gasteiger partial charge is 0.248 e. The third-order valence-corrected chi connectivity index (χ3v) is 8.82. The molecule has 0 saturated carbocycles. The number of fused-ring (bicyclic) bond motifs is 4. The Hall–Kier alpha value is -5.15. The zero-order valence-electron chi connectivity index (χ0n) is 23.6. The van der Waals surface area contributed by atoms with Crippen LogP contribution in [-0.2, 0) is 21.5 Å². The number of hydrogen-bond acceptors (Lipinski definition) is 5. The number of allylic oxidation sites excluding steroid dienone is 1. The zero-order chi connectivity index (χ0) is 29.2. The summed E-state index contributed by atoms with van der Waals surface area (Å²) >= 11 is 0. The van der Waals surface area contributed by atoms with Gasteiger partial charge in [-0.3, -0.25) is 14.5 Å². The number of benzene rings is 4. The van der Waals surface area contributed by atoms with Crippen LogP contribution in [0.4, 0.5) is 11.4 Å². The van der Waals surface area contributed by atoms with Crippen LogP contribution in [0.15, 0.2) is 120 Å². The third kappa shape index (κ3) is 3.56. The van der Waals surface area contributed by atoms with Crippen molar-refractivity contribution >= 4 is 33.8 Å². The SMILES string of the molecule is CC1(C)CC(=O)C2=C(C1)N(c1ccc3ccccc3c1)C(N)=C(C#N)C21C(=O)N(Cc2ccccc2)c2ccccc21. The molecule has 0 bridgehead atoms. The molecule has 2 heterocycles. The summed E-state index contributed by atoms with van der Waals surface area (Å²) in [7, 11) is 0. The van der Waals surface area contributed by atoms with Gasteiger partial charge in [-0.25, -0.2) is 0 Å². The van der Waals surface area contributed by atoms with Gasteiger partial charge in [-0.15, -0.1) is 0 Å². The molecule has 1 atom stereocenters. The summed E-state index contributed by atoms with van der Waals surface area (Å²) in [5, 5.41) is 12.9. The maximum atomic E-state index is 14.9. The second-order valence-corrected chi connectivity index (χ2v) is 12.1. The molecule has 4 aromatic rings. The van der Waals surface area contributed by atoms with E-state index in [4.69, 9.17) is 5.73 Å². The number of ketones is 1. The molecule has 1 unspecified atom stereocenters. The molecular weight excluding hydrogens is 520 g/mol. The highest BCUT2D eigenvalue weighted by Gasteiger charge is 2.63. The van der Waals surface area contributed by atoms with Crippen molar-refractivity contribution in [1.82, 2.24) is 0 Å². The molecule has 6 nitrogen and oxygen atoms in total. The minimum Gasteiger partial charge on any atom is -0.384 e. The summed E-state index contributed by atoms with van der Waals surface area (Å²) in [5.41, 5.74) is 9.20. The van der Waals surface area contributed by atoms with Gasteiger partial charge in [-0.05, 0) is 46.4 Å². The highest BCUT2D eigenvalue weighted by molar-refractivity contribution is 6.21. The summed E-state index contributed by atoms with van der Waals surface area (Å²) in [6.07, 6.45) is 0.794. The second kappa shape index (κ2) is 9.19. The second-order valence-electron chi connectivity index (χ2n) is 12.1. The Bertz CT molecular complexity index is 1910. The lowest BCUT2D eigenvalue weighted by atomic mass is 9.60. The van der Waals surface area contributed by atoms with Crippen molar-refractivity contribution in [2.45, 2.75) is 38.6 Å². The van der Waals surface area contributed by atoms with Gasteiger partial charge in [0.1, 0.15) is 17.3 Å². The van der Waals surface area contributed by atoms with Crippen molar-refractivity contribution in [3.05, 3.63) is 131 Å². The number of carbonyl (C=O) groups is 2. The molecule has 2 N–H and O–H groups in total. The molecule has 1 aliphatic carbocycles. The molecule has 6 heteroatoms. The number of rotatable bonds is 3. The predicted octanol–water partition coefficient (Wildman–Crippen LogP) is 6.48. The Kier molecular flexibility index (Phi) is 5.64. The lowest BCUT2D eigenvalue weighted by Gasteiger charge is -2.47. The van der Waals surface area contributed by atoms with Gasteiger partial charge in [-0.2, -0.15) is 5.26 Å². The van der Waals surface area contributed by atoms with Gasteiger partial charge in [0.05, 0.1) is 12.1 Å². The average Bonchev–Trinajstić information content (AvgIpc) is 3.20. The average molecular weight is 551 g/mol. The lowest BCUT2D eigenvalue weighted by Crippen LogP contribution is -2.53.